The molecule has 2 heterocycles. The van der Waals surface area contributed by atoms with Crippen molar-refractivity contribution in [1.82, 2.24) is 15.2 Å². The average molecular weight is 464 g/mol. The number of nitrogens with zero attached hydrogens (tertiary/aromatic N) is 3. The number of hydrogen-bond donors (Lipinski definition) is 1. The maximum Gasteiger partial charge on any atom is 0.416 e. The number of benzene rings is 1. The third-order valence-corrected chi connectivity index (χ3v) is 5.32. The Labute approximate surface area is 190 Å². The lowest BCUT2D eigenvalue weighted by atomic mass is 10.1. The van der Waals surface area contributed by atoms with Gasteiger partial charge in [-0.3, -0.25) is 9.59 Å². The fourth-order valence-corrected chi connectivity index (χ4v) is 3.45. The van der Waals surface area contributed by atoms with Crippen LogP contribution in [0.5, 0.6) is 0 Å². The maximum absolute atomic E-state index is 12.7. The Kier molecular flexibility index (Phi) is 8.26. The Morgan fingerprint density at radius 3 is 2.27 bits per heavy atom. The Bertz CT molecular complexity index is 925. The molecule has 0 bridgehead atoms. The summed E-state index contributed by atoms with van der Waals surface area (Å²) in [6, 6.07) is 7.73. The van der Waals surface area contributed by atoms with Gasteiger partial charge in [0, 0.05) is 57.7 Å². The zero-order chi connectivity index (χ0) is 23.8. The quantitative estimate of drug-likeness (QED) is 0.608. The van der Waals surface area contributed by atoms with Gasteiger partial charge >= 0.3 is 6.18 Å². The summed E-state index contributed by atoms with van der Waals surface area (Å²) in [5.41, 5.74) is -0.0879. The van der Waals surface area contributed by atoms with E-state index in [0.29, 0.717) is 57.3 Å². The minimum atomic E-state index is -4.43. The molecule has 0 atom stereocenters. The second-order valence-electron chi connectivity index (χ2n) is 7.57. The largest absolute Gasteiger partial charge is 0.416 e. The normalized spacial score (nSPS) is 14.3. The van der Waals surface area contributed by atoms with Crippen LogP contribution in [-0.4, -0.2) is 67.6 Å². The van der Waals surface area contributed by atoms with Crippen LogP contribution in [0.1, 0.15) is 39.6 Å². The first kappa shape index (κ1) is 24.5. The van der Waals surface area contributed by atoms with E-state index in [-0.39, 0.29) is 17.4 Å². The highest BCUT2D eigenvalue weighted by atomic mass is 19.4. The molecule has 3 rings (SSSR count). The fourth-order valence-electron chi connectivity index (χ4n) is 3.45. The molecule has 0 spiro atoms. The molecule has 33 heavy (non-hydrogen) atoms. The van der Waals surface area contributed by atoms with Crippen molar-refractivity contribution in [2.24, 2.45) is 0 Å². The number of amides is 2. The SMILES string of the molecule is CCOCCCNC(=O)c1ccc(N2CCN(C(=O)c3ccc(C(F)(F)F)cc3)CC2)nc1. The van der Waals surface area contributed by atoms with E-state index in [1.54, 1.807) is 17.0 Å². The summed E-state index contributed by atoms with van der Waals surface area (Å²) in [5.74, 6) is 0.203. The van der Waals surface area contributed by atoms with Gasteiger partial charge in [-0.2, -0.15) is 13.2 Å². The molecule has 1 fully saturated rings. The highest BCUT2D eigenvalue weighted by Crippen LogP contribution is 2.29. The first-order valence-corrected chi connectivity index (χ1v) is 10.8. The minimum Gasteiger partial charge on any atom is -0.382 e. The molecule has 2 amide bonds. The number of nitrogens with one attached hydrogen (secondary N) is 1. The van der Waals surface area contributed by atoms with E-state index in [2.05, 4.69) is 10.3 Å². The van der Waals surface area contributed by atoms with Crippen LogP contribution in [0.3, 0.4) is 0 Å². The van der Waals surface area contributed by atoms with Gasteiger partial charge in [0.05, 0.1) is 11.1 Å². The van der Waals surface area contributed by atoms with Crippen LogP contribution in [-0.2, 0) is 10.9 Å². The summed E-state index contributed by atoms with van der Waals surface area (Å²) < 4.78 is 43.4. The third-order valence-electron chi connectivity index (χ3n) is 5.32. The van der Waals surface area contributed by atoms with Crippen LogP contribution in [0.15, 0.2) is 42.6 Å². The average Bonchev–Trinajstić information content (AvgIpc) is 2.83. The molecule has 1 aliphatic rings. The molecule has 178 valence electrons. The lowest BCUT2D eigenvalue weighted by Crippen LogP contribution is -2.49. The number of ether oxygens (including phenoxy) is 1. The standard InChI is InChI=1S/C23H27F3N4O3/c1-2-33-15-3-10-27-21(31)18-6-9-20(28-16-18)29-11-13-30(14-12-29)22(32)17-4-7-19(8-5-17)23(24,25)26/h4-9,16H,2-3,10-15H2,1H3,(H,27,31). The first-order chi connectivity index (χ1) is 15.8. The van der Waals surface area contributed by atoms with Gasteiger partial charge in [0.15, 0.2) is 0 Å². The lowest BCUT2D eigenvalue weighted by Gasteiger charge is -2.35. The van der Waals surface area contributed by atoms with Crippen molar-refractivity contribution < 1.29 is 27.5 Å². The second kappa shape index (κ2) is 11.1. The number of pyridine rings is 1. The van der Waals surface area contributed by atoms with E-state index in [1.165, 1.54) is 18.3 Å². The number of anilines is 1. The van der Waals surface area contributed by atoms with E-state index in [1.807, 2.05) is 11.8 Å². The van der Waals surface area contributed by atoms with Crippen LogP contribution in [0.2, 0.25) is 0 Å². The van der Waals surface area contributed by atoms with Crippen molar-refractivity contribution in [3.05, 3.63) is 59.3 Å². The Morgan fingerprint density at radius 1 is 1.03 bits per heavy atom. The van der Waals surface area contributed by atoms with Crippen molar-refractivity contribution in [2.45, 2.75) is 19.5 Å². The van der Waals surface area contributed by atoms with Crippen LogP contribution in [0.4, 0.5) is 19.0 Å². The van der Waals surface area contributed by atoms with Crippen molar-refractivity contribution in [3.63, 3.8) is 0 Å². The van der Waals surface area contributed by atoms with Crippen LogP contribution in [0, 0.1) is 0 Å². The first-order valence-electron chi connectivity index (χ1n) is 10.8. The van der Waals surface area contributed by atoms with Crippen molar-refractivity contribution in [1.29, 1.82) is 0 Å². The number of hydrogen-bond acceptors (Lipinski definition) is 5. The molecular formula is C23H27F3N4O3. The Balaban J connectivity index is 1.49. The molecule has 10 heteroatoms. The zero-order valence-corrected chi connectivity index (χ0v) is 18.4. The van der Waals surface area contributed by atoms with Gasteiger partial charge in [0.2, 0.25) is 0 Å². The van der Waals surface area contributed by atoms with Gasteiger partial charge in [0.1, 0.15) is 5.82 Å². The summed E-state index contributed by atoms with van der Waals surface area (Å²) in [6.45, 7) is 5.59. The molecule has 0 aliphatic carbocycles. The summed E-state index contributed by atoms with van der Waals surface area (Å²) >= 11 is 0. The Morgan fingerprint density at radius 2 is 1.70 bits per heavy atom. The summed E-state index contributed by atoms with van der Waals surface area (Å²) in [7, 11) is 0. The predicted octanol–water partition coefficient (Wildman–Crippen LogP) is 3.22. The molecule has 0 radical (unpaired) electrons. The van der Waals surface area contributed by atoms with Gasteiger partial charge in [-0.05, 0) is 49.7 Å². The molecule has 7 nitrogen and oxygen atoms in total. The number of carbonyl (C=O) groups excluding carboxylic acids is 2. The zero-order valence-electron chi connectivity index (χ0n) is 18.4. The topological polar surface area (TPSA) is 74.8 Å². The fraction of sp³-hybridized carbons (Fsp3) is 0.435. The van der Waals surface area contributed by atoms with Crippen LogP contribution < -0.4 is 10.2 Å². The van der Waals surface area contributed by atoms with E-state index in [9.17, 15) is 22.8 Å². The van der Waals surface area contributed by atoms with Crippen molar-refractivity contribution in [3.8, 4) is 0 Å². The van der Waals surface area contributed by atoms with Crippen molar-refractivity contribution >= 4 is 17.6 Å². The van der Waals surface area contributed by atoms with Gasteiger partial charge in [-0.25, -0.2) is 4.98 Å². The summed E-state index contributed by atoms with van der Waals surface area (Å²) in [4.78, 5) is 32.8. The number of piperazine rings is 1. The molecule has 1 aliphatic heterocycles. The highest BCUT2D eigenvalue weighted by molar-refractivity contribution is 5.95. The van der Waals surface area contributed by atoms with Crippen LogP contribution >= 0.6 is 0 Å². The Hall–Kier alpha value is -3.14. The predicted molar refractivity (Wildman–Crippen MR) is 117 cm³/mol. The molecule has 0 unspecified atom stereocenters. The number of alkyl halides is 3. The van der Waals surface area contributed by atoms with E-state index in [4.69, 9.17) is 4.74 Å². The summed E-state index contributed by atoms with van der Waals surface area (Å²) in [5, 5.41) is 2.82. The maximum atomic E-state index is 12.7. The second-order valence-corrected chi connectivity index (χ2v) is 7.57. The highest BCUT2D eigenvalue weighted by Gasteiger charge is 2.30. The van der Waals surface area contributed by atoms with E-state index >= 15 is 0 Å². The molecule has 0 saturated carbocycles. The van der Waals surface area contributed by atoms with Crippen LogP contribution in [0.25, 0.3) is 0 Å². The van der Waals surface area contributed by atoms with E-state index < -0.39 is 11.7 Å². The van der Waals surface area contributed by atoms with Crippen molar-refractivity contribution in [2.75, 3.05) is 50.8 Å². The third kappa shape index (κ3) is 6.67. The molecule has 1 aromatic carbocycles. The molecule has 1 N–H and O–H groups in total. The van der Waals surface area contributed by atoms with Gasteiger partial charge < -0.3 is 19.9 Å². The smallest absolute Gasteiger partial charge is 0.382 e. The van der Waals surface area contributed by atoms with Gasteiger partial charge in [-0.15, -0.1) is 0 Å². The van der Waals surface area contributed by atoms with Gasteiger partial charge in [-0.1, -0.05) is 0 Å². The number of aromatic nitrogens is 1. The summed E-state index contributed by atoms with van der Waals surface area (Å²) in [6.07, 6.45) is -2.17. The minimum absolute atomic E-state index is 0.197. The number of rotatable bonds is 8. The number of carbonyl (C=O) groups is 2. The molecule has 2 aromatic rings. The van der Waals surface area contributed by atoms with E-state index in [0.717, 1.165) is 18.6 Å². The van der Waals surface area contributed by atoms with Gasteiger partial charge in [0.25, 0.3) is 11.8 Å². The molecule has 1 aromatic heterocycles. The monoisotopic (exact) mass is 464 g/mol. The molecule has 1 saturated heterocycles. The number of halogens is 3. The molecular weight excluding hydrogens is 437 g/mol. The lowest BCUT2D eigenvalue weighted by molar-refractivity contribution is -0.137.